The molecule has 0 unspecified atom stereocenters. The quantitative estimate of drug-likeness (QED) is 0.295. The zero-order chi connectivity index (χ0) is 26.8. The molecule has 0 aliphatic rings. The Balaban J connectivity index is 1.92. The molecule has 0 amide bonds. The molecule has 198 valence electrons. The van der Waals surface area contributed by atoms with Crippen molar-refractivity contribution in [2.45, 2.75) is 112 Å². The van der Waals surface area contributed by atoms with Crippen LogP contribution in [0.2, 0.25) is 18.1 Å². The summed E-state index contributed by atoms with van der Waals surface area (Å²) in [5.41, 5.74) is 4.94. The maximum absolute atomic E-state index is 6.70. The zero-order valence-electron chi connectivity index (χ0n) is 24.0. The zero-order valence-corrected chi connectivity index (χ0v) is 25.0. The van der Waals surface area contributed by atoms with Gasteiger partial charge in [0, 0.05) is 24.5 Å². The van der Waals surface area contributed by atoms with Gasteiger partial charge in [0.05, 0.1) is 18.5 Å². The third-order valence-corrected chi connectivity index (χ3v) is 12.0. The van der Waals surface area contributed by atoms with Gasteiger partial charge < -0.3 is 19.6 Å². The normalized spacial score (nSPS) is 14.3. The summed E-state index contributed by atoms with van der Waals surface area (Å²) < 4.78 is 8.79. The van der Waals surface area contributed by atoms with Crippen molar-refractivity contribution in [1.82, 2.24) is 24.5 Å². The Morgan fingerprint density at radius 3 is 2.36 bits per heavy atom. The first-order valence-corrected chi connectivity index (χ1v) is 16.0. The molecule has 8 nitrogen and oxygen atoms in total. The summed E-state index contributed by atoms with van der Waals surface area (Å²) in [6.07, 6.45) is 4.70. The topological polar surface area (TPSA) is 89.8 Å². The highest BCUT2D eigenvalue weighted by molar-refractivity contribution is 6.74. The number of imidazole rings is 1. The molecule has 9 heteroatoms. The Kier molecular flexibility index (Phi) is 8.45. The van der Waals surface area contributed by atoms with Gasteiger partial charge in [-0.15, -0.1) is 0 Å². The van der Waals surface area contributed by atoms with E-state index >= 15 is 0 Å². The molecule has 3 aromatic heterocycles. The fourth-order valence-corrected chi connectivity index (χ4v) is 5.46. The van der Waals surface area contributed by atoms with E-state index < -0.39 is 8.32 Å². The van der Waals surface area contributed by atoms with Gasteiger partial charge in [-0.2, -0.15) is 9.97 Å². The van der Waals surface area contributed by atoms with E-state index in [0.29, 0.717) is 12.5 Å². The van der Waals surface area contributed by atoms with Crippen LogP contribution in [0.3, 0.4) is 0 Å². The summed E-state index contributed by atoms with van der Waals surface area (Å²) in [7, 11) is -1.90. The number of hydrogen-bond donors (Lipinski definition) is 2. The number of pyridine rings is 1. The molecule has 3 rings (SSSR count). The molecule has 0 radical (unpaired) electrons. The highest BCUT2D eigenvalue weighted by Gasteiger charge is 2.39. The Morgan fingerprint density at radius 1 is 1.08 bits per heavy atom. The van der Waals surface area contributed by atoms with Crippen molar-refractivity contribution in [3.8, 4) is 0 Å². The van der Waals surface area contributed by atoms with Crippen LogP contribution in [0.1, 0.15) is 77.7 Å². The van der Waals surface area contributed by atoms with Crippen LogP contribution in [-0.2, 0) is 11.0 Å². The van der Waals surface area contributed by atoms with Gasteiger partial charge in [-0.3, -0.25) is 4.98 Å². The number of aryl methyl sites for hydroxylation is 2. The first-order chi connectivity index (χ1) is 16.7. The van der Waals surface area contributed by atoms with Crippen molar-refractivity contribution in [3.05, 3.63) is 35.4 Å². The lowest BCUT2D eigenvalue weighted by Crippen LogP contribution is -2.47. The van der Waals surface area contributed by atoms with Crippen molar-refractivity contribution < 1.29 is 4.43 Å². The molecule has 2 N–H and O–H groups in total. The SMILES string of the molecule is CC[C@H](Nc1nc(NCc2cnc(C)cc2C)c2ncn(C(C)C)c2n1)[C@@H](C)O[Si](C)(C)C(C)(C)C. The van der Waals surface area contributed by atoms with E-state index in [-0.39, 0.29) is 23.2 Å². The number of nitrogens with one attached hydrogen (secondary N) is 2. The van der Waals surface area contributed by atoms with Gasteiger partial charge in [-0.1, -0.05) is 27.7 Å². The van der Waals surface area contributed by atoms with Crippen molar-refractivity contribution in [3.63, 3.8) is 0 Å². The van der Waals surface area contributed by atoms with Gasteiger partial charge in [0.1, 0.15) is 0 Å². The second kappa shape index (κ2) is 10.8. The lowest BCUT2D eigenvalue weighted by Gasteiger charge is -2.40. The van der Waals surface area contributed by atoms with Gasteiger partial charge in [-0.25, -0.2) is 4.98 Å². The first-order valence-electron chi connectivity index (χ1n) is 13.1. The average molecular weight is 512 g/mol. The maximum Gasteiger partial charge on any atom is 0.227 e. The summed E-state index contributed by atoms with van der Waals surface area (Å²) in [5.74, 6) is 1.30. The average Bonchev–Trinajstić information content (AvgIpc) is 3.20. The Hall–Kier alpha value is -2.52. The van der Waals surface area contributed by atoms with Crippen LogP contribution in [0.4, 0.5) is 11.8 Å². The smallest absolute Gasteiger partial charge is 0.227 e. The molecule has 0 aromatic carbocycles. The number of rotatable bonds is 10. The Labute approximate surface area is 217 Å². The van der Waals surface area contributed by atoms with Crippen molar-refractivity contribution >= 4 is 31.2 Å². The van der Waals surface area contributed by atoms with E-state index in [1.807, 2.05) is 19.4 Å². The number of anilines is 2. The Bertz CT molecular complexity index is 1180. The number of nitrogens with zero attached hydrogens (tertiary/aromatic N) is 5. The molecule has 0 saturated heterocycles. The summed E-state index contributed by atoms with van der Waals surface area (Å²) in [6.45, 7) is 24.7. The summed E-state index contributed by atoms with van der Waals surface area (Å²) >= 11 is 0. The summed E-state index contributed by atoms with van der Waals surface area (Å²) in [4.78, 5) is 18.9. The van der Waals surface area contributed by atoms with Gasteiger partial charge in [0.2, 0.25) is 5.95 Å². The number of fused-ring (bicyclic) bond motifs is 1. The fraction of sp³-hybridized carbons (Fsp3) is 0.630. The predicted molar refractivity (Wildman–Crippen MR) is 152 cm³/mol. The molecular formula is C27H45N7OSi. The van der Waals surface area contributed by atoms with Crippen LogP contribution in [0.15, 0.2) is 18.6 Å². The van der Waals surface area contributed by atoms with Crippen molar-refractivity contribution in [2.75, 3.05) is 10.6 Å². The summed E-state index contributed by atoms with van der Waals surface area (Å²) in [6, 6.07) is 2.42. The van der Waals surface area contributed by atoms with Crippen LogP contribution >= 0.6 is 0 Å². The number of aromatic nitrogens is 5. The van der Waals surface area contributed by atoms with Crippen molar-refractivity contribution in [2.24, 2.45) is 0 Å². The van der Waals surface area contributed by atoms with Gasteiger partial charge in [-0.05, 0) is 76.4 Å². The minimum Gasteiger partial charge on any atom is -0.412 e. The first kappa shape index (κ1) is 28.1. The molecule has 0 spiro atoms. The van der Waals surface area contributed by atoms with E-state index in [4.69, 9.17) is 14.4 Å². The van der Waals surface area contributed by atoms with E-state index in [1.165, 1.54) is 5.56 Å². The lowest BCUT2D eigenvalue weighted by molar-refractivity contribution is 0.175. The standard InChI is InChI=1S/C27H45N7OSi/c1-12-22(20(6)35-36(10,11)27(7,8)9)31-26-32-24(23-25(33-26)34(16-30-23)17(2)3)29-15-21-14-28-19(5)13-18(21)4/h13-14,16-17,20,22H,12,15H2,1-11H3,(H2,29,31,32,33)/t20-,22+/m1/s1. The van der Waals surface area contributed by atoms with Crippen LogP contribution in [-0.4, -0.2) is 45.0 Å². The van der Waals surface area contributed by atoms with E-state index in [0.717, 1.165) is 34.7 Å². The minimum absolute atomic E-state index is 0.0305. The fourth-order valence-electron chi connectivity index (χ4n) is 4.01. The molecule has 2 atom stereocenters. The molecule has 0 aliphatic heterocycles. The van der Waals surface area contributed by atoms with E-state index in [2.05, 4.69) is 99.7 Å². The minimum atomic E-state index is -1.90. The second-order valence-corrected chi connectivity index (χ2v) is 16.4. The monoisotopic (exact) mass is 511 g/mol. The van der Waals surface area contributed by atoms with Gasteiger partial charge in [0.15, 0.2) is 25.3 Å². The molecule has 3 heterocycles. The molecule has 0 aliphatic carbocycles. The summed E-state index contributed by atoms with van der Waals surface area (Å²) in [5, 5.41) is 7.25. The predicted octanol–water partition coefficient (Wildman–Crippen LogP) is 6.63. The molecule has 0 bridgehead atoms. The molecule has 0 saturated carbocycles. The van der Waals surface area contributed by atoms with Gasteiger partial charge in [0.25, 0.3) is 0 Å². The van der Waals surface area contributed by atoms with Crippen molar-refractivity contribution in [1.29, 1.82) is 0 Å². The third kappa shape index (κ3) is 6.24. The molecule has 3 aromatic rings. The highest BCUT2D eigenvalue weighted by Crippen LogP contribution is 2.38. The number of hydrogen-bond acceptors (Lipinski definition) is 7. The van der Waals surface area contributed by atoms with E-state index in [9.17, 15) is 0 Å². The van der Waals surface area contributed by atoms with Crippen LogP contribution in [0.25, 0.3) is 11.2 Å². The van der Waals surface area contributed by atoms with E-state index in [1.54, 1.807) is 0 Å². The highest BCUT2D eigenvalue weighted by atomic mass is 28.4. The molecule has 36 heavy (non-hydrogen) atoms. The Morgan fingerprint density at radius 2 is 1.78 bits per heavy atom. The lowest BCUT2D eigenvalue weighted by atomic mass is 10.1. The second-order valence-electron chi connectivity index (χ2n) is 11.7. The molecular weight excluding hydrogens is 466 g/mol. The largest absolute Gasteiger partial charge is 0.412 e. The van der Waals surface area contributed by atoms with Crippen LogP contribution in [0.5, 0.6) is 0 Å². The van der Waals surface area contributed by atoms with Crippen LogP contribution in [0, 0.1) is 13.8 Å². The third-order valence-electron chi connectivity index (χ3n) is 7.39. The van der Waals surface area contributed by atoms with Crippen LogP contribution < -0.4 is 10.6 Å². The maximum atomic E-state index is 6.70. The van der Waals surface area contributed by atoms with Gasteiger partial charge >= 0.3 is 0 Å². The molecule has 0 fully saturated rings.